The van der Waals surface area contributed by atoms with Crippen LogP contribution in [0.4, 0.5) is 0 Å². The Kier molecular flexibility index (Phi) is 3.16. The van der Waals surface area contributed by atoms with E-state index in [1.807, 2.05) is 24.3 Å². The first-order valence-corrected chi connectivity index (χ1v) is 5.65. The standard InChI is InChI=1S/C10H7BrN2S/c11-8-7-12-6-4-9(8)14-10-3-1-2-5-13-10/h1-7H. The summed E-state index contributed by atoms with van der Waals surface area (Å²) in [5.74, 6) is 0. The minimum Gasteiger partial charge on any atom is -0.263 e. The lowest BCUT2D eigenvalue weighted by Gasteiger charge is -2.01. The number of nitrogens with zero attached hydrogens (tertiary/aromatic N) is 2. The Morgan fingerprint density at radius 2 is 2.07 bits per heavy atom. The maximum atomic E-state index is 4.24. The zero-order valence-corrected chi connectivity index (χ0v) is 9.62. The highest BCUT2D eigenvalue weighted by atomic mass is 79.9. The van der Waals surface area contributed by atoms with Crippen LogP contribution in [0.2, 0.25) is 0 Å². The zero-order chi connectivity index (χ0) is 9.80. The Morgan fingerprint density at radius 3 is 2.79 bits per heavy atom. The van der Waals surface area contributed by atoms with Crippen LogP contribution in [0.5, 0.6) is 0 Å². The molecule has 14 heavy (non-hydrogen) atoms. The third-order valence-corrected chi connectivity index (χ3v) is 3.51. The molecule has 0 fully saturated rings. The Morgan fingerprint density at radius 1 is 1.14 bits per heavy atom. The maximum absolute atomic E-state index is 4.24. The lowest BCUT2D eigenvalue weighted by Crippen LogP contribution is -1.80. The lowest BCUT2D eigenvalue weighted by molar-refractivity contribution is 1.13. The minimum atomic E-state index is 0.986. The highest BCUT2D eigenvalue weighted by Crippen LogP contribution is 2.30. The molecule has 0 saturated heterocycles. The van der Waals surface area contributed by atoms with Gasteiger partial charge in [0.15, 0.2) is 0 Å². The van der Waals surface area contributed by atoms with Crippen molar-refractivity contribution in [2.24, 2.45) is 0 Å². The van der Waals surface area contributed by atoms with Gasteiger partial charge in [-0.25, -0.2) is 4.98 Å². The predicted molar refractivity (Wildman–Crippen MR) is 60.3 cm³/mol. The lowest BCUT2D eigenvalue weighted by atomic mass is 10.5. The highest BCUT2D eigenvalue weighted by molar-refractivity contribution is 9.10. The van der Waals surface area contributed by atoms with Gasteiger partial charge in [0, 0.05) is 28.0 Å². The molecule has 0 amide bonds. The van der Waals surface area contributed by atoms with Crippen molar-refractivity contribution < 1.29 is 0 Å². The number of aromatic nitrogens is 2. The Labute approximate surface area is 94.9 Å². The number of halogens is 1. The van der Waals surface area contributed by atoms with Gasteiger partial charge in [0.1, 0.15) is 5.03 Å². The van der Waals surface area contributed by atoms with Crippen molar-refractivity contribution >= 4 is 27.7 Å². The summed E-state index contributed by atoms with van der Waals surface area (Å²) in [6.45, 7) is 0. The Bertz CT molecular complexity index is 419. The van der Waals surface area contributed by atoms with E-state index in [2.05, 4.69) is 25.9 Å². The van der Waals surface area contributed by atoms with Crippen LogP contribution >= 0.6 is 27.7 Å². The second-order valence-electron chi connectivity index (χ2n) is 2.58. The van der Waals surface area contributed by atoms with Crippen LogP contribution in [0.25, 0.3) is 0 Å². The molecular formula is C10H7BrN2S. The summed E-state index contributed by atoms with van der Waals surface area (Å²) < 4.78 is 0.996. The molecule has 2 nitrogen and oxygen atoms in total. The van der Waals surface area contributed by atoms with Gasteiger partial charge < -0.3 is 0 Å². The van der Waals surface area contributed by atoms with Crippen molar-refractivity contribution in [1.82, 2.24) is 9.97 Å². The normalized spacial score (nSPS) is 10.1. The molecule has 0 unspecified atom stereocenters. The van der Waals surface area contributed by atoms with Gasteiger partial charge >= 0.3 is 0 Å². The van der Waals surface area contributed by atoms with E-state index >= 15 is 0 Å². The average Bonchev–Trinajstić information content (AvgIpc) is 2.23. The molecule has 0 aromatic carbocycles. The molecule has 0 spiro atoms. The van der Waals surface area contributed by atoms with E-state index in [4.69, 9.17) is 0 Å². The SMILES string of the molecule is Brc1cnccc1Sc1ccccn1. The van der Waals surface area contributed by atoms with Gasteiger partial charge in [-0.1, -0.05) is 17.8 Å². The molecular weight excluding hydrogens is 260 g/mol. The van der Waals surface area contributed by atoms with Crippen LogP contribution in [-0.2, 0) is 0 Å². The van der Waals surface area contributed by atoms with Crippen LogP contribution < -0.4 is 0 Å². The molecule has 0 N–H and O–H groups in total. The Hall–Kier alpha value is -0.870. The van der Waals surface area contributed by atoms with Crippen LogP contribution in [0, 0.1) is 0 Å². The number of hydrogen-bond donors (Lipinski definition) is 0. The summed E-state index contributed by atoms with van der Waals surface area (Å²) in [6.07, 6.45) is 5.35. The van der Waals surface area contributed by atoms with Gasteiger partial charge in [-0.15, -0.1) is 0 Å². The largest absolute Gasteiger partial charge is 0.263 e. The van der Waals surface area contributed by atoms with Gasteiger partial charge in [0.25, 0.3) is 0 Å². The highest BCUT2D eigenvalue weighted by Gasteiger charge is 2.01. The summed E-state index contributed by atoms with van der Waals surface area (Å²) in [5, 5.41) is 0.986. The molecule has 0 bridgehead atoms. The maximum Gasteiger partial charge on any atom is 0.101 e. The molecule has 0 radical (unpaired) electrons. The van der Waals surface area contributed by atoms with Crippen molar-refractivity contribution in [3.8, 4) is 0 Å². The second-order valence-corrected chi connectivity index (χ2v) is 4.49. The summed E-state index contributed by atoms with van der Waals surface area (Å²) in [7, 11) is 0. The van der Waals surface area contributed by atoms with Crippen LogP contribution in [-0.4, -0.2) is 9.97 Å². The van der Waals surface area contributed by atoms with E-state index in [0.717, 1.165) is 14.4 Å². The van der Waals surface area contributed by atoms with Crippen molar-refractivity contribution in [2.75, 3.05) is 0 Å². The quantitative estimate of drug-likeness (QED) is 0.834. The van der Waals surface area contributed by atoms with E-state index in [1.54, 1.807) is 30.4 Å². The molecule has 2 aromatic rings. The fourth-order valence-electron chi connectivity index (χ4n) is 0.965. The summed E-state index contributed by atoms with van der Waals surface area (Å²) in [6, 6.07) is 7.83. The number of pyridine rings is 2. The van der Waals surface area contributed by atoms with Crippen molar-refractivity contribution in [2.45, 2.75) is 9.92 Å². The van der Waals surface area contributed by atoms with Gasteiger partial charge in [0.05, 0.1) is 0 Å². The van der Waals surface area contributed by atoms with E-state index in [0.29, 0.717) is 0 Å². The molecule has 2 heterocycles. The number of rotatable bonds is 2. The average molecular weight is 267 g/mol. The fourth-order valence-corrected chi connectivity index (χ4v) is 2.22. The molecule has 2 rings (SSSR count). The summed E-state index contributed by atoms with van der Waals surface area (Å²) in [4.78, 5) is 9.37. The first kappa shape index (κ1) is 9.68. The van der Waals surface area contributed by atoms with E-state index in [-0.39, 0.29) is 0 Å². The molecule has 4 heteroatoms. The molecule has 0 saturated carbocycles. The minimum absolute atomic E-state index is 0.986. The van der Waals surface area contributed by atoms with Crippen LogP contribution in [0.1, 0.15) is 0 Å². The fraction of sp³-hybridized carbons (Fsp3) is 0. The zero-order valence-electron chi connectivity index (χ0n) is 7.22. The molecule has 0 aliphatic carbocycles. The monoisotopic (exact) mass is 266 g/mol. The van der Waals surface area contributed by atoms with Gasteiger partial charge in [-0.2, -0.15) is 0 Å². The molecule has 70 valence electrons. The number of hydrogen-bond acceptors (Lipinski definition) is 3. The first-order valence-electron chi connectivity index (χ1n) is 4.04. The Balaban J connectivity index is 2.24. The van der Waals surface area contributed by atoms with E-state index < -0.39 is 0 Å². The van der Waals surface area contributed by atoms with Gasteiger partial charge in [-0.3, -0.25) is 4.98 Å². The first-order chi connectivity index (χ1) is 6.86. The van der Waals surface area contributed by atoms with Crippen LogP contribution in [0.3, 0.4) is 0 Å². The smallest absolute Gasteiger partial charge is 0.101 e. The topological polar surface area (TPSA) is 25.8 Å². The second kappa shape index (κ2) is 4.57. The third kappa shape index (κ3) is 2.33. The third-order valence-electron chi connectivity index (χ3n) is 1.59. The van der Waals surface area contributed by atoms with E-state index in [9.17, 15) is 0 Å². The molecule has 0 atom stereocenters. The molecule has 0 aliphatic heterocycles. The van der Waals surface area contributed by atoms with Crippen molar-refractivity contribution in [3.63, 3.8) is 0 Å². The molecule has 2 aromatic heterocycles. The predicted octanol–water partition coefficient (Wildman–Crippen LogP) is 3.39. The van der Waals surface area contributed by atoms with Crippen LogP contribution in [0.15, 0.2) is 57.3 Å². The van der Waals surface area contributed by atoms with Crippen molar-refractivity contribution in [1.29, 1.82) is 0 Å². The van der Waals surface area contributed by atoms with Crippen molar-refractivity contribution in [3.05, 3.63) is 47.3 Å². The van der Waals surface area contributed by atoms with Gasteiger partial charge in [-0.05, 0) is 34.1 Å². The van der Waals surface area contributed by atoms with E-state index in [1.165, 1.54) is 0 Å². The molecule has 0 aliphatic rings. The summed E-state index contributed by atoms with van der Waals surface area (Å²) in [5.41, 5.74) is 0. The van der Waals surface area contributed by atoms with Gasteiger partial charge in [0.2, 0.25) is 0 Å². The summed E-state index contributed by atoms with van der Waals surface area (Å²) >= 11 is 5.06.